The molecule has 0 saturated heterocycles. The van der Waals surface area contributed by atoms with Crippen LogP contribution in [0.2, 0.25) is 0 Å². The third-order valence-electron chi connectivity index (χ3n) is 7.63. The van der Waals surface area contributed by atoms with Gasteiger partial charge in [0.2, 0.25) is 0 Å². The molecule has 2 atom stereocenters. The van der Waals surface area contributed by atoms with Gasteiger partial charge in [-0.3, -0.25) is 13.8 Å². The smallest absolute Gasteiger partial charge is 0.457 e. The zero-order valence-electron chi connectivity index (χ0n) is 31.9. The Balaban J connectivity index is 4.47. The minimum Gasteiger partial charge on any atom is -0.457 e. The second-order valence-corrected chi connectivity index (χ2v) is 15.1. The molecule has 49 heavy (non-hydrogen) atoms. The van der Waals surface area contributed by atoms with Gasteiger partial charge in [0.25, 0.3) is 0 Å². The quantitative estimate of drug-likeness (QED) is 0.0234. The van der Waals surface area contributed by atoms with Crippen molar-refractivity contribution >= 4 is 13.8 Å². The monoisotopic (exact) mass is 711 g/mol. The summed E-state index contributed by atoms with van der Waals surface area (Å²) in [6.07, 6.45) is 39.9. The maximum atomic E-state index is 12.6. The average molecular weight is 711 g/mol. The number of likely N-dealkylation sites (N-methyl/N-ethyl adjacent to an activating group) is 1. The third-order valence-corrected chi connectivity index (χ3v) is 8.61. The van der Waals surface area contributed by atoms with E-state index in [2.05, 4.69) is 62.5 Å². The molecule has 0 rings (SSSR count). The van der Waals surface area contributed by atoms with Crippen LogP contribution in [0, 0.1) is 0 Å². The van der Waals surface area contributed by atoms with Crippen molar-refractivity contribution in [1.29, 1.82) is 0 Å². The summed E-state index contributed by atoms with van der Waals surface area (Å²) < 4.78 is 34.7. The van der Waals surface area contributed by atoms with E-state index < -0.39 is 19.9 Å². The second kappa shape index (κ2) is 33.3. The van der Waals surface area contributed by atoms with Gasteiger partial charge in [0, 0.05) is 6.61 Å². The van der Waals surface area contributed by atoms with Gasteiger partial charge in [-0.15, -0.1) is 0 Å². The van der Waals surface area contributed by atoms with E-state index in [1.807, 2.05) is 27.2 Å². The molecule has 0 aliphatic rings. The fraction of sp³-hybridized carbons (Fsp3) is 0.725. The zero-order chi connectivity index (χ0) is 36.3. The lowest BCUT2D eigenvalue weighted by atomic mass is 10.1. The molecular formula is C40H73NO7P+. The highest BCUT2D eigenvalue weighted by atomic mass is 31.2. The van der Waals surface area contributed by atoms with Crippen LogP contribution in [0.4, 0.5) is 0 Å². The average Bonchev–Trinajstić information content (AvgIpc) is 3.04. The van der Waals surface area contributed by atoms with E-state index >= 15 is 0 Å². The van der Waals surface area contributed by atoms with Crippen molar-refractivity contribution in [3.63, 3.8) is 0 Å². The van der Waals surface area contributed by atoms with Gasteiger partial charge in [-0.05, 0) is 38.5 Å². The first kappa shape index (κ1) is 47.2. The first-order valence-corrected chi connectivity index (χ1v) is 20.5. The molecule has 284 valence electrons. The molecule has 0 saturated carbocycles. The van der Waals surface area contributed by atoms with Crippen LogP contribution in [0.25, 0.3) is 0 Å². The standard InChI is InChI=1S/C40H72NO7P/c1-6-8-10-12-14-16-18-20-21-22-23-25-27-29-31-33-40(42)48-39(38-47-49(43,44)46-36-34-41(3,4)5)37-45-35-32-30-28-26-24-19-17-15-13-11-9-7-2/h8,10,14,16,20-21,23,25,29,31,39H,6-7,9,11-13,15,17-19,22,24,26-28,30,32-38H2,1-5H3/p+1/b10-8-,16-14-,21-20-,25-23-,31-29-. The van der Waals surface area contributed by atoms with E-state index in [4.69, 9.17) is 18.5 Å². The first-order chi connectivity index (χ1) is 23.6. The molecule has 0 aromatic heterocycles. The molecule has 0 radical (unpaired) electrons. The van der Waals surface area contributed by atoms with E-state index in [9.17, 15) is 14.3 Å². The minimum atomic E-state index is -4.29. The van der Waals surface area contributed by atoms with E-state index in [1.165, 1.54) is 64.2 Å². The van der Waals surface area contributed by atoms with E-state index in [0.717, 1.165) is 44.9 Å². The second-order valence-electron chi connectivity index (χ2n) is 13.6. The Morgan fingerprint density at radius 1 is 0.633 bits per heavy atom. The molecular weight excluding hydrogens is 637 g/mol. The van der Waals surface area contributed by atoms with Crippen molar-refractivity contribution in [3.05, 3.63) is 60.8 Å². The number of esters is 1. The Bertz CT molecular complexity index is 968. The number of phosphoric ester groups is 1. The maximum absolute atomic E-state index is 12.6. The fourth-order valence-electron chi connectivity index (χ4n) is 4.68. The SMILES string of the molecule is CC/C=C\C/C=C\C/C=C\C/C=C\C/C=C\CC(=O)OC(COCCCCCCCCCCCCCC)COP(=O)(O)OCC[N+](C)(C)C. The number of unbranched alkanes of at least 4 members (excludes halogenated alkanes) is 11. The van der Waals surface area contributed by atoms with Gasteiger partial charge in [0.15, 0.2) is 0 Å². The largest absolute Gasteiger partial charge is 0.472 e. The predicted octanol–water partition coefficient (Wildman–Crippen LogP) is 10.6. The summed E-state index contributed by atoms with van der Waals surface area (Å²) in [6.45, 7) is 5.35. The molecule has 0 aromatic rings. The van der Waals surface area contributed by atoms with Crippen LogP contribution in [-0.2, 0) is 27.9 Å². The highest BCUT2D eigenvalue weighted by Gasteiger charge is 2.26. The van der Waals surface area contributed by atoms with Crippen molar-refractivity contribution in [2.75, 3.05) is 54.1 Å². The Morgan fingerprint density at radius 3 is 1.59 bits per heavy atom. The first-order valence-electron chi connectivity index (χ1n) is 19.0. The highest BCUT2D eigenvalue weighted by molar-refractivity contribution is 7.47. The summed E-state index contributed by atoms with van der Waals surface area (Å²) in [4.78, 5) is 22.7. The normalized spacial score (nSPS) is 14.7. The molecule has 1 N–H and O–H groups in total. The lowest BCUT2D eigenvalue weighted by molar-refractivity contribution is -0.870. The molecule has 0 aromatic carbocycles. The number of allylic oxidation sites excluding steroid dienone is 9. The van der Waals surface area contributed by atoms with Crippen molar-refractivity contribution in [1.82, 2.24) is 0 Å². The lowest BCUT2D eigenvalue weighted by Gasteiger charge is -2.24. The molecule has 0 spiro atoms. The molecule has 0 aliphatic carbocycles. The molecule has 2 unspecified atom stereocenters. The molecule has 0 fully saturated rings. The van der Waals surface area contributed by atoms with Crippen LogP contribution in [0.3, 0.4) is 0 Å². The summed E-state index contributed by atoms with van der Waals surface area (Å²) in [5.74, 6) is -0.442. The Labute approximate surface area is 300 Å². The summed E-state index contributed by atoms with van der Waals surface area (Å²) in [6, 6.07) is 0. The number of phosphoric acid groups is 1. The maximum Gasteiger partial charge on any atom is 0.472 e. The van der Waals surface area contributed by atoms with Crippen molar-refractivity contribution < 1.29 is 37.3 Å². The van der Waals surface area contributed by atoms with Crippen molar-refractivity contribution in [2.45, 2.75) is 136 Å². The van der Waals surface area contributed by atoms with Crippen LogP contribution in [-0.4, -0.2) is 75.6 Å². The Morgan fingerprint density at radius 2 is 1.10 bits per heavy atom. The van der Waals surface area contributed by atoms with Gasteiger partial charge in [-0.1, -0.05) is 145 Å². The predicted molar refractivity (Wildman–Crippen MR) is 205 cm³/mol. The van der Waals surface area contributed by atoms with Gasteiger partial charge >= 0.3 is 13.8 Å². The van der Waals surface area contributed by atoms with Gasteiger partial charge in [-0.2, -0.15) is 0 Å². The van der Waals surface area contributed by atoms with E-state index in [1.54, 1.807) is 6.08 Å². The minimum absolute atomic E-state index is 0.0707. The number of carbonyl (C=O) groups is 1. The molecule has 8 nitrogen and oxygen atoms in total. The molecule has 0 amide bonds. The number of nitrogens with zero attached hydrogens (tertiary/aromatic N) is 1. The van der Waals surface area contributed by atoms with Crippen LogP contribution < -0.4 is 0 Å². The highest BCUT2D eigenvalue weighted by Crippen LogP contribution is 2.43. The molecule has 0 bridgehead atoms. The van der Waals surface area contributed by atoms with Crippen LogP contribution >= 0.6 is 7.82 Å². The summed E-state index contributed by atoms with van der Waals surface area (Å²) in [5.41, 5.74) is 0. The summed E-state index contributed by atoms with van der Waals surface area (Å²) in [5, 5.41) is 0. The number of hydrogen-bond acceptors (Lipinski definition) is 6. The van der Waals surface area contributed by atoms with Crippen LogP contribution in [0.5, 0.6) is 0 Å². The van der Waals surface area contributed by atoms with Crippen LogP contribution in [0.15, 0.2) is 60.8 Å². The number of ether oxygens (including phenoxy) is 2. The number of quaternary nitrogens is 1. The topological polar surface area (TPSA) is 91.3 Å². The number of hydrogen-bond donors (Lipinski definition) is 1. The zero-order valence-corrected chi connectivity index (χ0v) is 32.8. The van der Waals surface area contributed by atoms with Crippen molar-refractivity contribution in [2.24, 2.45) is 0 Å². The van der Waals surface area contributed by atoms with E-state index in [0.29, 0.717) is 17.6 Å². The Kier molecular flexibility index (Phi) is 32.1. The van der Waals surface area contributed by atoms with Gasteiger partial charge in [0.1, 0.15) is 19.3 Å². The Hall–Kier alpha value is -1.80. The van der Waals surface area contributed by atoms with E-state index in [-0.39, 0.29) is 26.2 Å². The summed E-state index contributed by atoms with van der Waals surface area (Å²) in [7, 11) is 1.60. The molecule has 0 heterocycles. The van der Waals surface area contributed by atoms with Crippen LogP contribution in [0.1, 0.15) is 129 Å². The third kappa shape index (κ3) is 37.3. The summed E-state index contributed by atoms with van der Waals surface area (Å²) >= 11 is 0. The molecule has 9 heteroatoms. The fourth-order valence-corrected chi connectivity index (χ4v) is 5.43. The molecule has 0 aliphatic heterocycles. The lowest BCUT2D eigenvalue weighted by Crippen LogP contribution is -2.37. The van der Waals surface area contributed by atoms with Gasteiger partial charge < -0.3 is 18.9 Å². The van der Waals surface area contributed by atoms with Gasteiger partial charge in [-0.25, -0.2) is 4.57 Å². The number of carbonyl (C=O) groups excluding carboxylic acids is 1. The number of rotatable bonds is 34. The van der Waals surface area contributed by atoms with Gasteiger partial charge in [0.05, 0.1) is 40.8 Å². The van der Waals surface area contributed by atoms with Crippen molar-refractivity contribution in [3.8, 4) is 0 Å².